The summed E-state index contributed by atoms with van der Waals surface area (Å²) in [6.45, 7) is 7.46. The second kappa shape index (κ2) is 4.97. The van der Waals surface area contributed by atoms with Crippen LogP contribution in [-0.2, 0) is 4.74 Å². The van der Waals surface area contributed by atoms with Gasteiger partial charge in [-0.25, -0.2) is 0 Å². The first-order chi connectivity index (χ1) is 9.60. The minimum absolute atomic E-state index is 0.0575. The van der Waals surface area contributed by atoms with Gasteiger partial charge in [-0.2, -0.15) is 0 Å². The van der Waals surface area contributed by atoms with Gasteiger partial charge in [0.2, 0.25) is 0 Å². The molecular formula is C17H23NO2. The number of aliphatic hydroxyl groups is 1. The van der Waals surface area contributed by atoms with Crippen LogP contribution in [0.4, 0.5) is 0 Å². The quantitative estimate of drug-likeness (QED) is 0.842. The Morgan fingerprint density at radius 3 is 2.90 bits per heavy atom. The number of aromatic nitrogens is 1. The fourth-order valence-electron chi connectivity index (χ4n) is 4.13. The molecule has 5 atom stereocenters. The van der Waals surface area contributed by atoms with Gasteiger partial charge in [-0.15, -0.1) is 0 Å². The van der Waals surface area contributed by atoms with Gasteiger partial charge < -0.3 is 9.84 Å². The minimum atomic E-state index is -0.136. The Labute approximate surface area is 120 Å². The van der Waals surface area contributed by atoms with E-state index in [9.17, 15) is 5.11 Å². The molecule has 108 valence electrons. The van der Waals surface area contributed by atoms with Gasteiger partial charge >= 0.3 is 0 Å². The third kappa shape index (κ3) is 1.84. The zero-order chi connectivity index (χ0) is 14.3. The fourth-order valence-corrected chi connectivity index (χ4v) is 4.13. The molecule has 3 rings (SSSR count). The van der Waals surface area contributed by atoms with Crippen molar-refractivity contribution in [3.05, 3.63) is 41.7 Å². The Bertz CT molecular complexity index is 513. The van der Waals surface area contributed by atoms with Gasteiger partial charge in [0.25, 0.3) is 0 Å². The normalized spacial score (nSPS) is 40.3. The van der Waals surface area contributed by atoms with E-state index in [1.807, 2.05) is 12.3 Å². The first-order valence-corrected chi connectivity index (χ1v) is 7.41. The average Bonchev–Trinajstić information content (AvgIpc) is 2.46. The summed E-state index contributed by atoms with van der Waals surface area (Å²) in [5.74, 6) is 1.09. The van der Waals surface area contributed by atoms with Crippen LogP contribution < -0.4 is 0 Å². The lowest BCUT2D eigenvalue weighted by atomic mass is 9.56. The first kappa shape index (κ1) is 13.8. The number of fused-ring (bicyclic) bond motifs is 2. The number of ether oxygens (including phenoxy) is 1. The molecule has 0 saturated carbocycles. The summed E-state index contributed by atoms with van der Waals surface area (Å²) >= 11 is 0. The molecule has 0 aromatic carbocycles. The Hall–Kier alpha value is -1.19. The first-order valence-electron chi connectivity index (χ1n) is 7.41. The van der Waals surface area contributed by atoms with E-state index in [1.165, 1.54) is 5.57 Å². The number of hydrogen-bond donors (Lipinski definition) is 1. The number of rotatable bonds is 2. The molecule has 1 aromatic heterocycles. The van der Waals surface area contributed by atoms with Crippen molar-refractivity contribution in [1.29, 1.82) is 0 Å². The lowest BCUT2D eigenvalue weighted by Gasteiger charge is -2.55. The maximum Gasteiger partial charge on any atom is 0.0907 e. The number of pyridine rings is 1. The molecule has 2 aliphatic rings. The third-order valence-corrected chi connectivity index (χ3v) is 5.56. The molecule has 0 radical (unpaired) electrons. The van der Waals surface area contributed by atoms with Crippen LogP contribution in [0.2, 0.25) is 0 Å². The molecule has 2 heterocycles. The molecule has 20 heavy (non-hydrogen) atoms. The Balaban J connectivity index is 2.02. The predicted octanol–water partition coefficient (Wildman–Crippen LogP) is 2.98. The summed E-state index contributed by atoms with van der Waals surface area (Å²) in [4.78, 5) is 4.22. The van der Waals surface area contributed by atoms with Crippen LogP contribution >= 0.6 is 0 Å². The Morgan fingerprint density at radius 2 is 2.25 bits per heavy atom. The van der Waals surface area contributed by atoms with E-state index in [0.29, 0.717) is 24.4 Å². The summed E-state index contributed by atoms with van der Waals surface area (Å²) in [7, 11) is 0. The lowest BCUT2D eigenvalue weighted by molar-refractivity contribution is -0.165. The van der Waals surface area contributed by atoms with Crippen LogP contribution in [0.3, 0.4) is 0 Å². The maximum absolute atomic E-state index is 9.96. The monoisotopic (exact) mass is 273 g/mol. The van der Waals surface area contributed by atoms with Crippen molar-refractivity contribution in [1.82, 2.24) is 4.98 Å². The highest BCUT2D eigenvalue weighted by Crippen LogP contribution is 2.55. The van der Waals surface area contributed by atoms with Gasteiger partial charge in [0, 0.05) is 23.7 Å². The summed E-state index contributed by atoms with van der Waals surface area (Å²) in [5, 5.41) is 9.96. The zero-order valence-electron chi connectivity index (χ0n) is 12.4. The zero-order valence-corrected chi connectivity index (χ0v) is 12.4. The number of hydrogen-bond acceptors (Lipinski definition) is 3. The van der Waals surface area contributed by atoms with Crippen LogP contribution in [0.1, 0.15) is 32.4 Å². The molecule has 2 bridgehead atoms. The van der Waals surface area contributed by atoms with Crippen LogP contribution in [0.25, 0.3) is 0 Å². The van der Waals surface area contributed by atoms with Crippen molar-refractivity contribution < 1.29 is 9.84 Å². The second-order valence-corrected chi connectivity index (χ2v) is 6.42. The second-order valence-electron chi connectivity index (χ2n) is 6.42. The standard InChI is InChI=1S/C17H23NO2/c1-11-7-12(2)17(9-19)10-20-16(15(11)13(17)3)14-5-4-6-18-8-14/h4-8,12-13,15-16,19H,9-10H2,1-3H3/t12-,13+,15+,16-,17-/m1/s1. The third-order valence-electron chi connectivity index (χ3n) is 5.56. The molecule has 1 N–H and O–H groups in total. The predicted molar refractivity (Wildman–Crippen MR) is 78.0 cm³/mol. The highest BCUT2D eigenvalue weighted by atomic mass is 16.5. The van der Waals surface area contributed by atoms with Crippen LogP contribution in [-0.4, -0.2) is 23.3 Å². The smallest absolute Gasteiger partial charge is 0.0907 e. The van der Waals surface area contributed by atoms with Crippen molar-refractivity contribution in [3.63, 3.8) is 0 Å². The average molecular weight is 273 g/mol. The molecule has 1 aliphatic carbocycles. The molecular weight excluding hydrogens is 250 g/mol. The molecule has 1 fully saturated rings. The minimum Gasteiger partial charge on any atom is -0.396 e. The summed E-state index contributed by atoms with van der Waals surface area (Å²) in [6, 6.07) is 4.05. The largest absolute Gasteiger partial charge is 0.396 e. The van der Waals surface area contributed by atoms with E-state index in [1.54, 1.807) is 6.20 Å². The van der Waals surface area contributed by atoms with Crippen molar-refractivity contribution in [3.8, 4) is 0 Å². The molecule has 0 unspecified atom stereocenters. The van der Waals surface area contributed by atoms with E-state index in [0.717, 1.165) is 5.56 Å². The van der Waals surface area contributed by atoms with Gasteiger partial charge in [-0.3, -0.25) is 4.98 Å². The molecule has 1 saturated heterocycles. The van der Waals surface area contributed by atoms with E-state index >= 15 is 0 Å². The summed E-state index contributed by atoms with van der Waals surface area (Å²) in [6.07, 6.45) is 6.07. The summed E-state index contributed by atoms with van der Waals surface area (Å²) in [5.41, 5.74) is 2.38. The summed E-state index contributed by atoms with van der Waals surface area (Å²) < 4.78 is 6.20. The fraction of sp³-hybridized carbons (Fsp3) is 0.588. The van der Waals surface area contributed by atoms with Gasteiger partial charge in [-0.1, -0.05) is 31.6 Å². The van der Waals surface area contributed by atoms with Gasteiger partial charge in [0.1, 0.15) is 0 Å². The van der Waals surface area contributed by atoms with Crippen molar-refractivity contribution >= 4 is 0 Å². The number of nitrogens with zero attached hydrogens (tertiary/aromatic N) is 1. The highest BCUT2D eigenvalue weighted by Gasteiger charge is 2.53. The maximum atomic E-state index is 9.96. The molecule has 0 amide bonds. The van der Waals surface area contributed by atoms with E-state index < -0.39 is 0 Å². The molecule has 3 nitrogen and oxygen atoms in total. The molecule has 3 heteroatoms. The van der Waals surface area contributed by atoms with E-state index in [2.05, 4.69) is 37.9 Å². The topological polar surface area (TPSA) is 42.4 Å². The molecule has 0 spiro atoms. The van der Waals surface area contributed by atoms with E-state index in [4.69, 9.17) is 4.74 Å². The number of allylic oxidation sites excluding steroid dienone is 1. The SMILES string of the molecule is CC1=C[C@@H](C)[C@@]2(CO)CO[C@H](c3cccnc3)[C@@H]1[C@@H]2C. The van der Waals surface area contributed by atoms with Crippen LogP contribution in [0, 0.1) is 23.2 Å². The molecule has 1 aromatic rings. The number of aliphatic hydroxyl groups excluding tert-OH is 1. The van der Waals surface area contributed by atoms with Crippen molar-refractivity contribution in [2.24, 2.45) is 23.2 Å². The highest BCUT2D eigenvalue weighted by molar-refractivity contribution is 5.26. The lowest BCUT2D eigenvalue weighted by Crippen LogP contribution is -2.53. The Kier molecular flexibility index (Phi) is 3.43. The Morgan fingerprint density at radius 1 is 1.45 bits per heavy atom. The van der Waals surface area contributed by atoms with Crippen LogP contribution in [0.5, 0.6) is 0 Å². The van der Waals surface area contributed by atoms with Gasteiger partial charge in [0.05, 0.1) is 19.3 Å². The van der Waals surface area contributed by atoms with Gasteiger partial charge in [0.15, 0.2) is 0 Å². The van der Waals surface area contributed by atoms with Crippen molar-refractivity contribution in [2.45, 2.75) is 26.9 Å². The van der Waals surface area contributed by atoms with Crippen LogP contribution in [0.15, 0.2) is 36.2 Å². The molecule has 1 aliphatic heterocycles. The van der Waals surface area contributed by atoms with E-state index in [-0.39, 0.29) is 18.1 Å². The van der Waals surface area contributed by atoms with Crippen molar-refractivity contribution in [2.75, 3.05) is 13.2 Å². The van der Waals surface area contributed by atoms with Gasteiger partial charge in [-0.05, 0) is 30.4 Å².